The van der Waals surface area contributed by atoms with Crippen LogP contribution in [0, 0.1) is 24.0 Å². The van der Waals surface area contributed by atoms with Gasteiger partial charge >= 0.3 is 6.01 Å². The van der Waals surface area contributed by atoms with E-state index in [2.05, 4.69) is 37.9 Å². The fourth-order valence-corrected chi connectivity index (χ4v) is 7.76. The highest BCUT2D eigenvalue weighted by Gasteiger charge is 2.49. The van der Waals surface area contributed by atoms with Crippen molar-refractivity contribution in [3.63, 3.8) is 0 Å². The van der Waals surface area contributed by atoms with Crippen LogP contribution in [0.5, 0.6) is 11.8 Å². The Bertz CT molecular complexity index is 1900. The number of alkyl halides is 1. The van der Waals surface area contributed by atoms with Crippen molar-refractivity contribution in [2.75, 3.05) is 57.9 Å². The van der Waals surface area contributed by atoms with E-state index in [-0.39, 0.29) is 51.6 Å². The monoisotopic (exact) mass is 646 g/mol. The molecule has 2 aromatic carbocycles. The molecule has 0 radical (unpaired) electrons. The molecule has 4 aromatic rings. The Labute approximate surface area is 271 Å². The maximum Gasteiger partial charge on any atom is 0.319 e. The van der Waals surface area contributed by atoms with E-state index in [1.165, 1.54) is 30.5 Å². The van der Waals surface area contributed by atoms with Crippen LogP contribution in [0.25, 0.3) is 32.9 Å². The molecule has 12 heteroatoms. The SMILES string of the molecule is C#Cc1c(F)ccc2cc(O)cc(-c3ncc4c(N5CCN[C@@](CC)(COC)C5)nc(OC[C@@]56CCCN5C[C@H](F)C6)nc4c3F)c12. The van der Waals surface area contributed by atoms with E-state index in [4.69, 9.17) is 20.9 Å². The number of anilines is 1. The van der Waals surface area contributed by atoms with E-state index < -0.39 is 23.3 Å². The molecule has 3 atom stereocenters. The molecule has 5 heterocycles. The van der Waals surface area contributed by atoms with Crippen LogP contribution in [-0.4, -0.2) is 95.3 Å². The highest BCUT2D eigenvalue weighted by molar-refractivity contribution is 6.03. The number of benzene rings is 2. The predicted molar refractivity (Wildman–Crippen MR) is 173 cm³/mol. The smallest absolute Gasteiger partial charge is 0.319 e. The maximum atomic E-state index is 16.9. The minimum atomic E-state index is -0.934. The minimum absolute atomic E-state index is 0.0319. The molecule has 0 amide bonds. The van der Waals surface area contributed by atoms with Crippen molar-refractivity contribution >= 4 is 27.5 Å². The fraction of sp³-hybridized carbons (Fsp3) is 0.457. The summed E-state index contributed by atoms with van der Waals surface area (Å²) in [5.41, 5.74) is -0.966. The van der Waals surface area contributed by atoms with Gasteiger partial charge in [0.15, 0.2) is 5.82 Å². The van der Waals surface area contributed by atoms with Crippen LogP contribution in [0.4, 0.5) is 19.0 Å². The normalized spacial score (nSPS) is 24.6. The van der Waals surface area contributed by atoms with Gasteiger partial charge in [-0.3, -0.25) is 9.88 Å². The zero-order valence-electron chi connectivity index (χ0n) is 26.5. The van der Waals surface area contributed by atoms with Gasteiger partial charge < -0.3 is 24.8 Å². The minimum Gasteiger partial charge on any atom is -0.508 e. The molecule has 0 saturated carbocycles. The first-order valence-electron chi connectivity index (χ1n) is 16.0. The number of rotatable bonds is 8. The Hall–Kier alpha value is -4.18. The first kappa shape index (κ1) is 31.4. The third kappa shape index (κ3) is 5.40. The molecule has 0 spiro atoms. The molecule has 3 aliphatic rings. The van der Waals surface area contributed by atoms with Gasteiger partial charge in [0.05, 0.1) is 28.6 Å². The number of methoxy groups -OCH3 is 1. The van der Waals surface area contributed by atoms with Crippen LogP contribution in [0.2, 0.25) is 0 Å². The quantitative estimate of drug-likeness (QED) is 0.258. The van der Waals surface area contributed by atoms with E-state index >= 15 is 4.39 Å². The lowest BCUT2D eigenvalue weighted by molar-refractivity contribution is 0.101. The highest BCUT2D eigenvalue weighted by Crippen LogP contribution is 2.42. The first-order valence-corrected chi connectivity index (χ1v) is 16.0. The second-order valence-electron chi connectivity index (χ2n) is 13.0. The van der Waals surface area contributed by atoms with Crippen LogP contribution in [0.1, 0.15) is 38.2 Å². The topological polar surface area (TPSA) is 95.9 Å². The number of fused-ring (bicyclic) bond motifs is 3. The molecule has 9 nitrogen and oxygen atoms in total. The summed E-state index contributed by atoms with van der Waals surface area (Å²) < 4.78 is 58.1. The fourth-order valence-electron chi connectivity index (χ4n) is 7.76. The number of halogens is 3. The molecule has 246 valence electrons. The number of piperazine rings is 1. The van der Waals surface area contributed by atoms with Gasteiger partial charge in [-0.15, -0.1) is 6.42 Å². The number of hydrogen-bond donors (Lipinski definition) is 2. The van der Waals surface area contributed by atoms with Crippen molar-refractivity contribution in [3.05, 3.63) is 47.7 Å². The molecule has 3 saturated heterocycles. The van der Waals surface area contributed by atoms with E-state index in [0.29, 0.717) is 55.8 Å². The van der Waals surface area contributed by atoms with Crippen molar-refractivity contribution in [1.82, 2.24) is 25.2 Å². The number of terminal acetylenes is 1. The van der Waals surface area contributed by atoms with E-state index in [9.17, 15) is 13.9 Å². The second-order valence-corrected chi connectivity index (χ2v) is 13.0. The predicted octanol–water partition coefficient (Wildman–Crippen LogP) is 4.97. The van der Waals surface area contributed by atoms with Gasteiger partial charge in [-0.1, -0.05) is 18.9 Å². The molecule has 3 aliphatic heterocycles. The molecule has 0 unspecified atom stereocenters. The third-order valence-corrected chi connectivity index (χ3v) is 10.1. The molecular weight excluding hydrogens is 609 g/mol. The van der Waals surface area contributed by atoms with Crippen LogP contribution in [0.15, 0.2) is 30.5 Å². The molecule has 0 aliphatic carbocycles. The van der Waals surface area contributed by atoms with Gasteiger partial charge in [0.2, 0.25) is 0 Å². The molecular formula is C35H37F3N6O3. The summed E-state index contributed by atoms with van der Waals surface area (Å²) in [4.78, 5) is 18.1. The van der Waals surface area contributed by atoms with Crippen LogP contribution < -0.4 is 15.0 Å². The summed E-state index contributed by atoms with van der Waals surface area (Å²) in [6, 6.07) is 5.40. The summed E-state index contributed by atoms with van der Waals surface area (Å²) >= 11 is 0. The summed E-state index contributed by atoms with van der Waals surface area (Å²) in [6.45, 7) is 5.62. The summed E-state index contributed by atoms with van der Waals surface area (Å²) in [5, 5.41) is 15.2. The van der Waals surface area contributed by atoms with Gasteiger partial charge in [-0.2, -0.15) is 9.97 Å². The lowest BCUT2D eigenvalue weighted by Crippen LogP contribution is -2.62. The van der Waals surface area contributed by atoms with Gasteiger partial charge in [-0.05, 0) is 49.4 Å². The summed E-state index contributed by atoms with van der Waals surface area (Å²) in [7, 11) is 1.66. The number of hydrogen-bond acceptors (Lipinski definition) is 9. The lowest BCUT2D eigenvalue weighted by Gasteiger charge is -2.43. The molecule has 3 fully saturated rings. The zero-order chi connectivity index (χ0) is 32.9. The molecule has 47 heavy (non-hydrogen) atoms. The number of aromatic hydroxyl groups is 1. The summed E-state index contributed by atoms with van der Waals surface area (Å²) in [6.07, 6.45) is 9.13. The molecule has 2 aromatic heterocycles. The van der Waals surface area contributed by atoms with Gasteiger partial charge in [0.25, 0.3) is 0 Å². The molecule has 7 rings (SSSR count). The van der Waals surface area contributed by atoms with Crippen LogP contribution >= 0.6 is 0 Å². The Morgan fingerprint density at radius 2 is 2.04 bits per heavy atom. The third-order valence-electron chi connectivity index (χ3n) is 10.1. The van der Waals surface area contributed by atoms with Crippen molar-refractivity contribution in [2.45, 2.75) is 49.9 Å². The number of nitrogens with one attached hydrogen (secondary N) is 1. The number of phenolic OH excluding ortho intramolecular Hbond substituents is 1. The second kappa shape index (κ2) is 12.1. The van der Waals surface area contributed by atoms with Crippen LogP contribution in [0.3, 0.4) is 0 Å². The summed E-state index contributed by atoms with van der Waals surface area (Å²) in [5.74, 6) is 1.21. The van der Waals surface area contributed by atoms with Crippen LogP contribution in [-0.2, 0) is 4.74 Å². The average molecular weight is 647 g/mol. The molecule has 2 N–H and O–H groups in total. The number of pyridine rings is 1. The van der Waals surface area contributed by atoms with Crippen molar-refractivity contribution < 1.29 is 27.8 Å². The average Bonchev–Trinajstić information content (AvgIpc) is 3.59. The Balaban J connectivity index is 1.38. The van der Waals surface area contributed by atoms with Crippen molar-refractivity contribution in [1.29, 1.82) is 0 Å². The van der Waals surface area contributed by atoms with Gasteiger partial charge in [0.1, 0.15) is 41.4 Å². The molecule has 0 bridgehead atoms. The van der Waals surface area contributed by atoms with Gasteiger partial charge in [-0.25, -0.2) is 13.2 Å². The van der Waals surface area contributed by atoms with E-state index in [0.717, 1.165) is 25.8 Å². The standard InChI is InChI=1S/C35H37F3N6O3/c1-4-24-27(37)8-7-21-13-23(45)14-25(28(21)24)30-29(38)31-26(16-39-30)32(43-12-10-40-34(5-2,18-43)19-46-3)42-33(41-31)47-20-35-9-6-11-44(35)17-22(36)15-35/h1,7-8,13-14,16,22,40,45H,5-6,9-12,15,17-20H2,2-3H3/t22-,34-,35+/m1/s1. The Kier molecular flexibility index (Phi) is 8.10. The Morgan fingerprint density at radius 1 is 1.19 bits per heavy atom. The number of ether oxygens (including phenoxy) is 2. The first-order chi connectivity index (χ1) is 22.7. The van der Waals surface area contributed by atoms with E-state index in [1.807, 2.05) is 0 Å². The number of aromatic nitrogens is 3. The Morgan fingerprint density at radius 3 is 2.83 bits per heavy atom. The van der Waals surface area contributed by atoms with E-state index in [1.54, 1.807) is 7.11 Å². The maximum absolute atomic E-state index is 16.9. The number of nitrogens with zero attached hydrogens (tertiary/aromatic N) is 5. The number of phenols is 1. The highest BCUT2D eigenvalue weighted by atomic mass is 19.1. The lowest BCUT2D eigenvalue weighted by atomic mass is 9.94. The van der Waals surface area contributed by atoms with Crippen molar-refractivity contribution in [3.8, 4) is 35.4 Å². The zero-order valence-corrected chi connectivity index (χ0v) is 26.5. The van der Waals surface area contributed by atoms with Gasteiger partial charge in [0, 0.05) is 56.9 Å². The largest absolute Gasteiger partial charge is 0.508 e. The van der Waals surface area contributed by atoms with Crippen molar-refractivity contribution in [2.24, 2.45) is 0 Å².